The van der Waals surface area contributed by atoms with Gasteiger partial charge in [0.05, 0.1) is 24.8 Å². The fourth-order valence-corrected chi connectivity index (χ4v) is 6.29. The molecule has 0 aromatic heterocycles. The highest BCUT2D eigenvalue weighted by atomic mass is 32.2. The fourth-order valence-electron chi connectivity index (χ4n) is 4.87. The molecule has 0 aliphatic rings. The Balaban J connectivity index is 2.13. The van der Waals surface area contributed by atoms with E-state index in [1.165, 1.54) is 61.6 Å². The third-order valence-corrected chi connectivity index (χ3v) is 9.14. The van der Waals surface area contributed by atoms with Gasteiger partial charge in [0.1, 0.15) is 18.4 Å². The van der Waals surface area contributed by atoms with Crippen molar-refractivity contribution in [2.45, 2.75) is 71.0 Å². The lowest BCUT2D eigenvalue weighted by Crippen LogP contribution is -2.53. The molecule has 0 aliphatic heterocycles. The maximum absolute atomic E-state index is 14.3. The molecule has 3 rings (SSSR count). The Morgan fingerprint density at radius 3 is 2.05 bits per heavy atom. The van der Waals surface area contributed by atoms with Gasteiger partial charge in [0.25, 0.3) is 10.0 Å². The summed E-state index contributed by atoms with van der Waals surface area (Å²) >= 11 is 0. The first-order valence-electron chi connectivity index (χ1n) is 14.5. The van der Waals surface area contributed by atoms with Crippen molar-refractivity contribution in [1.82, 2.24) is 10.2 Å². The summed E-state index contributed by atoms with van der Waals surface area (Å²) < 4.78 is 53.9. The summed E-state index contributed by atoms with van der Waals surface area (Å²) in [7, 11) is -1.47. The molecule has 0 fully saturated rings. The van der Waals surface area contributed by atoms with Crippen molar-refractivity contribution >= 4 is 27.5 Å². The Hall–Kier alpha value is -4.12. The van der Waals surface area contributed by atoms with Crippen molar-refractivity contribution in [3.63, 3.8) is 0 Å². The molecule has 0 aliphatic carbocycles. The molecule has 2 amide bonds. The summed E-state index contributed by atoms with van der Waals surface area (Å²) in [5.41, 5.74) is 2.50. The summed E-state index contributed by atoms with van der Waals surface area (Å²) in [5.74, 6) is -0.813. The Morgan fingerprint density at radius 2 is 1.50 bits per heavy atom. The van der Waals surface area contributed by atoms with Gasteiger partial charge in [-0.25, -0.2) is 12.8 Å². The van der Waals surface area contributed by atoms with E-state index in [9.17, 15) is 22.4 Å². The van der Waals surface area contributed by atoms with Gasteiger partial charge < -0.3 is 19.7 Å². The summed E-state index contributed by atoms with van der Waals surface area (Å²) in [4.78, 5) is 28.9. The minimum atomic E-state index is -4.33. The van der Waals surface area contributed by atoms with Crippen LogP contribution in [0.1, 0.15) is 50.3 Å². The lowest BCUT2D eigenvalue weighted by molar-refractivity contribution is -0.140. The molecule has 3 aromatic rings. The second-order valence-corrected chi connectivity index (χ2v) is 12.6. The molecule has 0 saturated heterocycles. The van der Waals surface area contributed by atoms with Crippen LogP contribution in [-0.4, -0.2) is 58.0 Å². The zero-order valence-electron chi connectivity index (χ0n) is 26.4. The van der Waals surface area contributed by atoms with Crippen LogP contribution in [0, 0.1) is 19.7 Å². The van der Waals surface area contributed by atoms with Gasteiger partial charge in [-0.1, -0.05) is 32.0 Å². The first-order valence-corrected chi connectivity index (χ1v) is 16.0. The van der Waals surface area contributed by atoms with Crippen molar-refractivity contribution in [3.8, 4) is 11.5 Å². The summed E-state index contributed by atoms with van der Waals surface area (Å²) in [6, 6.07) is 14.1. The lowest BCUT2D eigenvalue weighted by atomic mass is 10.1. The smallest absolute Gasteiger partial charge is 0.264 e. The van der Waals surface area contributed by atoms with E-state index >= 15 is 0 Å². The molecule has 0 heterocycles. The number of rotatable bonds is 14. The van der Waals surface area contributed by atoms with Crippen LogP contribution in [0.3, 0.4) is 0 Å². The van der Waals surface area contributed by atoms with Crippen molar-refractivity contribution in [1.29, 1.82) is 0 Å². The standard InChI is InChI=1S/C33H42FN3O6S/c1-8-24(5)35-33(39)29(9-2)36(20-25-10-12-26(34)13-11-25)32(38)21-37(27-17-22(3)16-23(4)18-27)44(40,41)28-14-15-30(42-6)31(19-28)43-7/h10-19,24,29H,8-9,20-21H2,1-7H3,(H,35,39)/t24-,29+/m1/s1. The first kappa shape index (κ1) is 34.4. The number of benzene rings is 3. The van der Waals surface area contributed by atoms with Crippen LogP contribution in [0.4, 0.5) is 10.1 Å². The number of hydrogen-bond donors (Lipinski definition) is 1. The van der Waals surface area contributed by atoms with Gasteiger partial charge in [0, 0.05) is 18.7 Å². The number of carbonyl (C=O) groups is 2. The highest BCUT2D eigenvalue weighted by Crippen LogP contribution is 2.33. The van der Waals surface area contributed by atoms with Crippen LogP contribution in [0.2, 0.25) is 0 Å². The van der Waals surface area contributed by atoms with Gasteiger partial charge in [0.2, 0.25) is 11.8 Å². The van der Waals surface area contributed by atoms with E-state index in [0.29, 0.717) is 23.4 Å². The lowest BCUT2D eigenvalue weighted by Gasteiger charge is -2.34. The normalized spacial score (nSPS) is 12.6. The minimum Gasteiger partial charge on any atom is -0.493 e. The fraction of sp³-hybridized carbons (Fsp3) is 0.394. The second kappa shape index (κ2) is 15.1. The number of anilines is 1. The van der Waals surface area contributed by atoms with Crippen molar-refractivity contribution in [3.05, 3.63) is 83.2 Å². The largest absolute Gasteiger partial charge is 0.493 e. The molecular weight excluding hydrogens is 585 g/mol. The molecule has 9 nitrogen and oxygen atoms in total. The Bertz CT molecular complexity index is 1540. The third kappa shape index (κ3) is 8.28. The zero-order valence-corrected chi connectivity index (χ0v) is 27.2. The maximum atomic E-state index is 14.3. The van der Waals surface area contributed by atoms with E-state index in [1.807, 2.05) is 33.8 Å². The Labute approximate surface area is 260 Å². The van der Waals surface area contributed by atoms with E-state index < -0.39 is 34.3 Å². The summed E-state index contributed by atoms with van der Waals surface area (Å²) in [5, 5.41) is 2.94. The number of sulfonamides is 1. The van der Waals surface area contributed by atoms with Crippen LogP contribution in [0.15, 0.2) is 65.6 Å². The Kier molecular flexibility index (Phi) is 11.8. The molecule has 0 unspecified atom stereocenters. The first-order chi connectivity index (χ1) is 20.8. The predicted octanol–water partition coefficient (Wildman–Crippen LogP) is 5.38. The van der Waals surface area contributed by atoms with Gasteiger partial charge in [-0.05, 0) is 86.7 Å². The molecule has 3 aromatic carbocycles. The van der Waals surface area contributed by atoms with Gasteiger partial charge in [-0.3, -0.25) is 13.9 Å². The quantitative estimate of drug-likeness (QED) is 0.258. The van der Waals surface area contributed by atoms with E-state index in [0.717, 1.165) is 15.4 Å². The minimum absolute atomic E-state index is 0.0252. The van der Waals surface area contributed by atoms with Crippen molar-refractivity contribution in [2.75, 3.05) is 25.1 Å². The number of amides is 2. The summed E-state index contributed by atoms with van der Waals surface area (Å²) in [6.45, 7) is 8.66. The van der Waals surface area contributed by atoms with E-state index in [2.05, 4.69) is 5.32 Å². The van der Waals surface area contributed by atoms with E-state index in [4.69, 9.17) is 9.47 Å². The monoisotopic (exact) mass is 627 g/mol. The average molecular weight is 628 g/mol. The van der Waals surface area contributed by atoms with E-state index in [-0.39, 0.29) is 35.6 Å². The van der Waals surface area contributed by atoms with Crippen LogP contribution in [0.25, 0.3) is 0 Å². The van der Waals surface area contributed by atoms with Crippen LogP contribution < -0.4 is 19.1 Å². The molecule has 44 heavy (non-hydrogen) atoms. The highest BCUT2D eigenvalue weighted by Gasteiger charge is 2.34. The van der Waals surface area contributed by atoms with Crippen molar-refractivity contribution in [2.24, 2.45) is 0 Å². The second-order valence-electron chi connectivity index (χ2n) is 10.8. The Morgan fingerprint density at radius 1 is 0.886 bits per heavy atom. The highest BCUT2D eigenvalue weighted by molar-refractivity contribution is 7.92. The molecule has 238 valence electrons. The van der Waals surface area contributed by atoms with Crippen LogP contribution in [0.5, 0.6) is 11.5 Å². The number of aryl methyl sites for hydroxylation is 2. The van der Waals surface area contributed by atoms with E-state index in [1.54, 1.807) is 19.1 Å². The molecule has 0 bridgehead atoms. The third-order valence-electron chi connectivity index (χ3n) is 7.37. The van der Waals surface area contributed by atoms with Crippen molar-refractivity contribution < 1.29 is 31.9 Å². The number of nitrogens with zero attached hydrogens (tertiary/aromatic N) is 2. The number of nitrogens with one attached hydrogen (secondary N) is 1. The van der Waals surface area contributed by atoms with Gasteiger partial charge >= 0.3 is 0 Å². The van der Waals surface area contributed by atoms with Gasteiger partial charge in [0.15, 0.2) is 11.5 Å². The van der Waals surface area contributed by atoms with Crippen LogP contribution >= 0.6 is 0 Å². The van der Waals surface area contributed by atoms with Gasteiger partial charge in [-0.2, -0.15) is 0 Å². The van der Waals surface area contributed by atoms with Crippen LogP contribution in [-0.2, 0) is 26.2 Å². The topological polar surface area (TPSA) is 105 Å². The molecule has 0 saturated carbocycles. The predicted molar refractivity (Wildman–Crippen MR) is 169 cm³/mol. The number of methoxy groups -OCH3 is 2. The summed E-state index contributed by atoms with van der Waals surface area (Å²) in [6.07, 6.45) is 0.972. The zero-order chi connectivity index (χ0) is 32.6. The molecule has 11 heteroatoms. The number of hydrogen-bond acceptors (Lipinski definition) is 6. The molecular formula is C33H42FN3O6S. The number of carbonyl (C=O) groups excluding carboxylic acids is 2. The molecule has 1 N–H and O–H groups in total. The van der Waals surface area contributed by atoms with Gasteiger partial charge in [-0.15, -0.1) is 0 Å². The molecule has 2 atom stereocenters. The SMILES string of the molecule is CC[C@@H](C)NC(=O)[C@H](CC)N(Cc1ccc(F)cc1)C(=O)CN(c1cc(C)cc(C)c1)S(=O)(=O)c1ccc(OC)c(OC)c1. The maximum Gasteiger partial charge on any atom is 0.264 e. The molecule has 0 spiro atoms. The average Bonchev–Trinajstić information content (AvgIpc) is 2.99. The number of ether oxygens (including phenoxy) is 2. The molecule has 0 radical (unpaired) electrons. The number of halogens is 1.